The van der Waals surface area contributed by atoms with Crippen LogP contribution in [0.5, 0.6) is 6.01 Å². The summed E-state index contributed by atoms with van der Waals surface area (Å²) in [4.78, 5) is 59.5. The Balaban J connectivity index is 1.43. The monoisotopic (exact) mass is 939 g/mol. The van der Waals surface area contributed by atoms with Crippen molar-refractivity contribution in [3.8, 4) is 35.5 Å². The number of aromatic hydroxyl groups is 1. The number of rotatable bonds is 14. The number of carbonyl (C=O) groups is 4. The molecule has 350 valence electrons. The van der Waals surface area contributed by atoms with E-state index in [1.165, 1.54) is 0 Å². The Morgan fingerprint density at radius 3 is 1.59 bits per heavy atom. The lowest BCUT2D eigenvalue weighted by molar-refractivity contribution is 0.0676. The Hall–Kier alpha value is -10.3. The van der Waals surface area contributed by atoms with E-state index in [9.17, 15) is 55.2 Å². The van der Waals surface area contributed by atoms with Crippen LogP contribution in [0.25, 0.3) is 17.3 Å². The SMILES string of the molecule is CC(C)(C)C(=N)/C(N=Nc1c(C#N)cnn1-c1cc(C(=O)O)cc(C(=O)O)c1)=C(/N)Nc1nc(O)nc(-n2nc(C(C)(C)C)c(N=Nc3c(C#N)cnn3-c3cc(C(=O)O)cc(C(=O)O)c3)c2N)n1. The quantitative estimate of drug-likeness (QED) is 0.0490. The van der Waals surface area contributed by atoms with Gasteiger partial charge in [-0.25, -0.2) is 28.5 Å². The molecule has 2 aromatic carbocycles. The van der Waals surface area contributed by atoms with Crippen molar-refractivity contribution in [2.24, 2.45) is 31.6 Å². The molecular formula is C41H37N19O9. The molecule has 28 heteroatoms. The van der Waals surface area contributed by atoms with Crippen LogP contribution in [0.15, 0.2) is 80.8 Å². The molecule has 0 radical (unpaired) electrons. The molecule has 28 nitrogen and oxygen atoms in total. The van der Waals surface area contributed by atoms with E-state index in [0.717, 1.165) is 62.8 Å². The number of aromatic nitrogens is 9. The van der Waals surface area contributed by atoms with Crippen LogP contribution in [0.4, 0.5) is 29.1 Å². The van der Waals surface area contributed by atoms with Gasteiger partial charge in [0.05, 0.1) is 57.4 Å². The fourth-order valence-electron chi connectivity index (χ4n) is 6.02. The van der Waals surface area contributed by atoms with Crippen molar-refractivity contribution < 1.29 is 44.7 Å². The number of aromatic carboxylic acids is 4. The molecule has 0 atom stereocenters. The molecule has 0 aliphatic carbocycles. The largest absolute Gasteiger partial charge is 0.479 e. The third kappa shape index (κ3) is 10.0. The molecule has 11 N–H and O–H groups in total. The molecule has 0 bridgehead atoms. The van der Waals surface area contributed by atoms with Gasteiger partial charge in [0.2, 0.25) is 5.95 Å². The summed E-state index contributed by atoms with van der Waals surface area (Å²) < 4.78 is 2.97. The van der Waals surface area contributed by atoms with Gasteiger partial charge in [-0.15, -0.1) is 20.5 Å². The fraction of sp³-hybridized carbons (Fsp3) is 0.195. The summed E-state index contributed by atoms with van der Waals surface area (Å²) in [6, 6.07) is 9.23. The number of nitriles is 2. The predicted octanol–water partition coefficient (Wildman–Crippen LogP) is 5.36. The minimum atomic E-state index is -1.44. The van der Waals surface area contributed by atoms with Crippen molar-refractivity contribution in [3.05, 3.63) is 99.4 Å². The summed E-state index contributed by atoms with van der Waals surface area (Å²) >= 11 is 0. The third-order valence-electron chi connectivity index (χ3n) is 9.43. The van der Waals surface area contributed by atoms with Gasteiger partial charge in [-0.05, 0) is 36.4 Å². The number of allylic oxidation sites excluding steroid dienone is 1. The Labute approximate surface area is 387 Å². The van der Waals surface area contributed by atoms with Crippen LogP contribution in [-0.2, 0) is 5.41 Å². The zero-order valence-electron chi connectivity index (χ0n) is 36.9. The number of benzene rings is 2. The molecule has 0 spiro atoms. The van der Waals surface area contributed by atoms with Crippen molar-refractivity contribution in [1.29, 1.82) is 15.9 Å². The van der Waals surface area contributed by atoms with Gasteiger partial charge in [0.1, 0.15) is 34.8 Å². The van der Waals surface area contributed by atoms with Crippen molar-refractivity contribution in [2.45, 2.75) is 47.0 Å². The molecule has 4 heterocycles. The molecule has 0 saturated carbocycles. The normalized spacial score (nSPS) is 12.1. The third-order valence-corrected chi connectivity index (χ3v) is 9.43. The smallest absolute Gasteiger partial charge is 0.335 e. The van der Waals surface area contributed by atoms with E-state index < -0.39 is 69.6 Å². The molecule has 6 rings (SSSR count). The Kier molecular flexibility index (Phi) is 12.8. The molecule has 69 heavy (non-hydrogen) atoms. The highest BCUT2D eigenvalue weighted by Crippen LogP contribution is 2.38. The number of nitrogen functional groups attached to an aromatic ring is 1. The first-order valence-electron chi connectivity index (χ1n) is 19.6. The number of nitrogens with one attached hydrogen (secondary N) is 2. The number of nitrogens with two attached hydrogens (primary N) is 2. The van der Waals surface area contributed by atoms with Gasteiger partial charge in [0.25, 0.3) is 5.95 Å². The molecule has 0 aliphatic rings. The second kappa shape index (κ2) is 18.3. The zero-order valence-corrected chi connectivity index (χ0v) is 36.9. The summed E-state index contributed by atoms with van der Waals surface area (Å²) in [5.41, 5.74) is 8.74. The lowest BCUT2D eigenvalue weighted by atomic mass is 9.88. The van der Waals surface area contributed by atoms with Gasteiger partial charge in [0, 0.05) is 10.8 Å². The molecule has 0 amide bonds. The maximum absolute atomic E-state index is 11.8. The van der Waals surface area contributed by atoms with Crippen LogP contribution in [0.3, 0.4) is 0 Å². The van der Waals surface area contributed by atoms with Crippen LogP contribution in [0, 0.1) is 33.5 Å². The summed E-state index contributed by atoms with van der Waals surface area (Å²) in [5.74, 6) is -7.81. The van der Waals surface area contributed by atoms with Gasteiger partial charge in [0.15, 0.2) is 23.1 Å². The molecule has 4 aromatic heterocycles. The van der Waals surface area contributed by atoms with E-state index in [1.54, 1.807) is 41.5 Å². The standard InChI is InChI=1S/C41H37N19O9/c1-40(2,3)27(44)25(53-55-31-21(13-42)15-47-58(31)23-9-17(33(61)62)7-18(10-23)34(63)64)29(45)49-37-50-38(52-39(69)51-37)60-30(46)26(28(57-60)41(4,5)6)54-56-32-22(14-43)16-48-59(32)24-11-19(35(65)66)8-20(12-24)36(67)68/h7-12,15-16,44H,45-46H2,1-6H3,(H,61,62)(H,63,64)(H,65,66)(H,67,68)(H2,49,50,51,52,69)/b29-25+,44-27?,55-53?,56-54?. The fourth-order valence-corrected chi connectivity index (χ4v) is 6.02. The average Bonchev–Trinajstić information content (AvgIpc) is 3.99. The van der Waals surface area contributed by atoms with Crippen LogP contribution < -0.4 is 16.8 Å². The molecule has 6 aromatic rings. The molecule has 0 aliphatic heterocycles. The zero-order chi connectivity index (χ0) is 50.9. The van der Waals surface area contributed by atoms with Crippen LogP contribution in [-0.4, -0.2) is 99.4 Å². The molecule has 0 fully saturated rings. The topological polar surface area (TPSA) is 447 Å². The van der Waals surface area contributed by atoms with Gasteiger partial charge in [-0.3, -0.25) is 0 Å². The van der Waals surface area contributed by atoms with Crippen LogP contribution in [0.1, 0.15) is 99.8 Å². The first kappa shape index (κ1) is 48.2. The van der Waals surface area contributed by atoms with E-state index in [1.807, 2.05) is 12.1 Å². The summed E-state index contributed by atoms with van der Waals surface area (Å²) in [5, 5.41) is 110. The van der Waals surface area contributed by atoms with Gasteiger partial charge in [-0.1, -0.05) is 41.5 Å². The Morgan fingerprint density at radius 1 is 0.710 bits per heavy atom. The van der Waals surface area contributed by atoms with Crippen LogP contribution in [0.2, 0.25) is 0 Å². The summed E-state index contributed by atoms with van der Waals surface area (Å²) in [6.07, 6.45) is 2.19. The second-order valence-corrected chi connectivity index (χ2v) is 16.5. The molecule has 0 unspecified atom stereocenters. The first-order chi connectivity index (χ1) is 32.3. The molecule has 0 saturated heterocycles. The minimum absolute atomic E-state index is 0.0726. The number of nitrogens with zero attached hydrogens (tertiary/aromatic N) is 15. The highest BCUT2D eigenvalue weighted by atomic mass is 16.4. The van der Waals surface area contributed by atoms with Gasteiger partial charge in [-0.2, -0.15) is 45.5 Å². The van der Waals surface area contributed by atoms with Gasteiger partial charge >= 0.3 is 29.9 Å². The van der Waals surface area contributed by atoms with E-state index in [-0.39, 0.29) is 73.9 Å². The van der Waals surface area contributed by atoms with Crippen molar-refractivity contribution in [1.82, 2.24) is 44.3 Å². The highest BCUT2D eigenvalue weighted by molar-refractivity contribution is 6.02. The Morgan fingerprint density at radius 2 is 1.17 bits per heavy atom. The Bertz CT molecular complexity index is 3270. The highest BCUT2D eigenvalue weighted by Gasteiger charge is 2.30. The van der Waals surface area contributed by atoms with Crippen LogP contribution >= 0.6 is 0 Å². The average molecular weight is 940 g/mol. The first-order valence-corrected chi connectivity index (χ1v) is 19.6. The number of hydrogen-bond donors (Lipinski definition) is 9. The van der Waals surface area contributed by atoms with E-state index in [0.29, 0.717) is 0 Å². The minimum Gasteiger partial charge on any atom is -0.479 e. The van der Waals surface area contributed by atoms with Crippen molar-refractivity contribution in [3.63, 3.8) is 0 Å². The number of anilines is 2. The van der Waals surface area contributed by atoms with E-state index >= 15 is 0 Å². The lowest BCUT2D eigenvalue weighted by Crippen LogP contribution is -2.26. The van der Waals surface area contributed by atoms with E-state index in [4.69, 9.17) is 16.9 Å². The lowest BCUT2D eigenvalue weighted by Gasteiger charge is -2.21. The summed E-state index contributed by atoms with van der Waals surface area (Å²) in [6.45, 7) is 10.2. The second-order valence-electron chi connectivity index (χ2n) is 16.5. The van der Waals surface area contributed by atoms with Crippen molar-refractivity contribution >= 4 is 58.7 Å². The van der Waals surface area contributed by atoms with Gasteiger partial charge < -0.3 is 47.7 Å². The molecular weight excluding hydrogens is 903 g/mol. The number of hydrogen-bond acceptors (Lipinski definition) is 21. The summed E-state index contributed by atoms with van der Waals surface area (Å²) in [7, 11) is 0. The van der Waals surface area contributed by atoms with E-state index in [2.05, 4.69) is 56.0 Å². The predicted molar refractivity (Wildman–Crippen MR) is 237 cm³/mol. The number of carboxylic acids is 4. The maximum Gasteiger partial charge on any atom is 0.335 e. The van der Waals surface area contributed by atoms with Crippen molar-refractivity contribution in [2.75, 3.05) is 11.1 Å². The number of azo groups is 2. The maximum atomic E-state index is 11.8. The number of carboxylic acid groups (broad SMARTS) is 4.